The molecule has 1 aliphatic rings. The summed E-state index contributed by atoms with van der Waals surface area (Å²) >= 11 is 0. The summed E-state index contributed by atoms with van der Waals surface area (Å²) in [4.78, 5) is 28.8. The van der Waals surface area contributed by atoms with Gasteiger partial charge in [0.1, 0.15) is 5.75 Å². The Morgan fingerprint density at radius 2 is 2.08 bits per heavy atom. The third-order valence-electron chi connectivity index (χ3n) is 4.43. The molecule has 0 aromatic heterocycles. The van der Waals surface area contributed by atoms with E-state index in [0.717, 1.165) is 12.1 Å². The molecule has 2 amide bonds. The molecular formula is C18H27N3O3. The Balaban J connectivity index is 2.25. The summed E-state index contributed by atoms with van der Waals surface area (Å²) in [6.07, 6.45) is 0.240. The number of likely N-dealkylation sites (tertiary alicyclic amines) is 1. The molecule has 0 aliphatic carbocycles. The summed E-state index contributed by atoms with van der Waals surface area (Å²) < 4.78 is 5.45. The van der Waals surface area contributed by atoms with E-state index in [0.29, 0.717) is 18.8 Å². The fourth-order valence-electron chi connectivity index (χ4n) is 3.23. The van der Waals surface area contributed by atoms with Crippen molar-refractivity contribution in [3.05, 3.63) is 29.8 Å². The van der Waals surface area contributed by atoms with E-state index in [-0.39, 0.29) is 24.3 Å². The number of para-hydroxylation sites is 1. The number of ether oxygens (including phenoxy) is 1. The minimum absolute atomic E-state index is 0.0150. The van der Waals surface area contributed by atoms with Gasteiger partial charge in [-0.1, -0.05) is 18.2 Å². The lowest BCUT2D eigenvalue weighted by Crippen LogP contribution is -2.38. The van der Waals surface area contributed by atoms with Crippen molar-refractivity contribution in [2.24, 2.45) is 5.92 Å². The molecule has 1 fully saturated rings. The summed E-state index contributed by atoms with van der Waals surface area (Å²) in [7, 11) is 5.53. The van der Waals surface area contributed by atoms with Crippen LogP contribution in [0.25, 0.3) is 0 Å². The standard InChI is InChI=1S/C18H27N3O3/c1-5-21-16(22)12-14(18(23)19-10-11-20(2)3)17(21)13-8-6-7-9-15(13)24-4/h6-9,14,17H,5,10-12H2,1-4H3,(H,19,23)/t14-,17+/m1/s1. The number of nitrogens with one attached hydrogen (secondary N) is 1. The topological polar surface area (TPSA) is 61.9 Å². The number of methoxy groups -OCH3 is 1. The van der Waals surface area contributed by atoms with Crippen molar-refractivity contribution in [2.75, 3.05) is 40.8 Å². The monoisotopic (exact) mass is 333 g/mol. The molecule has 24 heavy (non-hydrogen) atoms. The van der Waals surface area contributed by atoms with Gasteiger partial charge in [0.2, 0.25) is 11.8 Å². The number of hydrogen-bond acceptors (Lipinski definition) is 4. The van der Waals surface area contributed by atoms with Crippen LogP contribution >= 0.6 is 0 Å². The highest BCUT2D eigenvalue weighted by molar-refractivity contribution is 5.90. The maximum Gasteiger partial charge on any atom is 0.226 e. The highest BCUT2D eigenvalue weighted by Crippen LogP contribution is 2.41. The van der Waals surface area contributed by atoms with E-state index in [2.05, 4.69) is 5.32 Å². The molecule has 1 saturated heterocycles. The number of likely N-dealkylation sites (N-methyl/N-ethyl adjacent to an activating group) is 1. The minimum atomic E-state index is -0.393. The Morgan fingerprint density at radius 1 is 1.38 bits per heavy atom. The van der Waals surface area contributed by atoms with Gasteiger partial charge in [0.05, 0.1) is 19.1 Å². The van der Waals surface area contributed by atoms with Crippen molar-refractivity contribution < 1.29 is 14.3 Å². The Bertz CT molecular complexity index is 589. The lowest BCUT2D eigenvalue weighted by atomic mass is 9.92. The van der Waals surface area contributed by atoms with E-state index < -0.39 is 5.92 Å². The summed E-state index contributed by atoms with van der Waals surface area (Å²) in [6.45, 7) is 3.85. The van der Waals surface area contributed by atoms with E-state index in [4.69, 9.17) is 4.74 Å². The molecule has 1 N–H and O–H groups in total. The van der Waals surface area contributed by atoms with Gasteiger partial charge in [-0.05, 0) is 27.1 Å². The van der Waals surface area contributed by atoms with Crippen LogP contribution in [0.2, 0.25) is 0 Å². The van der Waals surface area contributed by atoms with Crippen LogP contribution in [0, 0.1) is 5.92 Å². The fraction of sp³-hybridized carbons (Fsp3) is 0.556. The average Bonchev–Trinajstić information content (AvgIpc) is 2.90. The first-order chi connectivity index (χ1) is 11.5. The molecule has 0 saturated carbocycles. The second kappa shape index (κ2) is 8.15. The lowest BCUT2D eigenvalue weighted by Gasteiger charge is -2.28. The predicted octanol–water partition coefficient (Wildman–Crippen LogP) is 1.28. The number of carbonyl (C=O) groups excluding carboxylic acids is 2. The van der Waals surface area contributed by atoms with Gasteiger partial charge in [-0.15, -0.1) is 0 Å². The second-order valence-electron chi connectivity index (χ2n) is 6.27. The van der Waals surface area contributed by atoms with Crippen LogP contribution in [-0.2, 0) is 9.59 Å². The van der Waals surface area contributed by atoms with Crippen LogP contribution in [0.15, 0.2) is 24.3 Å². The molecule has 2 atom stereocenters. The molecule has 0 radical (unpaired) electrons. The first-order valence-electron chi connectivity index (χ1n) is 8.34. The molecule has 1 aliphatic heterocycles. The predicted molar refractivity (Wildman–Crippen MR) is 92.8 cm³/mol. The Labute approximate surface area is 143 Å². The van der Waals surface area contributed by atoms with Crippen LogP contribution in [-0.4, -0.2) is 62.5 Å². The van der Waals surface area contributed by atoms with Gasteiger partial charge in [0, 0.05) is 31.6 Å². The van der Waals surface area contributed by atoms with Crippen molar-refractivity contribution >= 4 is 11.8 Å². The van der Waals surface area contributed by atoms with Gasteiger partial charge in [-0.3, -0.25) is 9.59 Å². The Morgan fingerprint density at radius 3 is 2.71 bits per heavy atom. The molecular weight excluding hydrogens is 306 g/mol. The highest BCUT2D eigenvalue weighted by atomic mass is 16.5. The van der Waals surface area contributed by atoms with Crippen molar-refractivity contribution in [1.82, 2.24) is 15.1 Å². The first kappa shape index (κ1) is 18.3. The number of hydrogen-bond donors (Lipinski definition) is 1. The van der Waals surface area contributed by atoms with Crippen molar-refractivity contribution in [2.45, 2.75) is 19.4 Å². The zero-order chi connectivity index (χ0) is 17.7. The van der Waals surface area contributed by atoms with Crippen molar-refractivity contribution in [3.8, 4) is 5.75 Å². The van der Waals surface area contributed by atoms with Crippen LogP contribution in [0.1, 0.15) is 24.9 Å². The van der Waals surface area contributed by atoms with E-state index in [1.165, 1.54) is 0 Å². The SMILES string of the molecule is CCN1C(=O)C[C@@H](C(=O)NCCN(C)C)[C@@H]1c1ccccc1OC. The zero-order valence-electron chi connectivity index (χ0n) is 14.9. The quantitative estimate of drug-likeness (QED) is 0.817. The van der Waals surface area contributed by atoms with Gasteiger partial charge >= 0.3 is 0 Å². The molecule has 1 heterocycles. The van der Waals surface area contributed by atoms with E-state index in [1.54, 1.807) is 12.0 Å². The van der Waals surface area contributed by atoms with Crippen LogP contribution in [0.3, 0.4) is 0 Å². The Hall–Kier alpha value is -2.08. The molecule has 0 unspecified atom stereocenters. The highest BCUT2D eigenvalue weighted by Gasteiger charge is 2.44. The largest absolute Gasteiger partial charge is 0.496 e. The normalized spacial score (nSPS) is 20.5. The average molecular weight is 333 g/mol. The van der Waals surface area contributed by atoms with E-state index in [9.17, 15) is 9.59 Å². The second-order valence-corrected chi connectivity index (χ2v) is 6.27. The molecule has 132 valence electrons. The van der Waals surface area contributed by atoms with Gasteiger partial charge in [0.15, 0.2) is 0 Å². The number of carbonyl (C=O) groups is 2. The summed E-state index contributed by atoms with van der Waals surface area (Å²) in [5, 5.41) is 2.96. The maximum atomic E-state index is 12.7. The van der Waals surface area contributed by atoms with E-state index in [1.807, 2.05) is 50.2 Å². The molecule has 0 bridgehead atoms. The Kier molecular flexibility index (Phi) is 6.20. The molecule has 1 aromatic carbocycles. The molecule has 6 heteroatoms. The fourth-order valence-corrected chi connectivity index (χ4v) is 3.23. The third kappa shape index (κ3) is 3.87. The summed E-state index contributed by atoms with van der Waals surface area (Å²) in [5.74, 6) is 0.260. The lowest BCUT2D eigenvalue weighted by molar-refractivity contribution is -0.129. The van der Waals surface area contributed by atoms with Crippen LogP contribution < -0.4 is 10.1 Å². The maximum absolute atomic E-state index is 12.7. The molecule has 0 spiro atoms. The van der Waals surface area contributed by atoms with Crippen molar-refractivity contribution in [1.29, 1.82) is 0 Å². The van der Waals surface area contributed by atoms with Gasteiger partial charge < -0.3 is 19.9 Å². The smallest absolute Gasteiger partial charge is 0.226 e. The van der Waals surface area contributed by atoms with Gasteiger partial charge in [-0.2, -0.15) is 0 Å². The van der Waals surface area contributed by atoms with E-state index >= 15 is 0 Å². The van der Waals surface area contributed by atoms with Crippen LogP contribution in [0.5, 0.6) is 5.75 Å². The molecule has 6 nitrogen and oxygen atoms in total. The molecule has 1 aromatic rings. The molecule has 2 rings (SSSR count). The minimum Gasteiger partial charge on any atom is -0.496 e. The first-order valence-corrected chi connectivity index (χ1v) is 8.34. The number of amides is 2. The van der Waals surface area contributed by atoms with Gasteiger partial charge in [0.25, 0.3) is 0 Å². The van der Waals surface area contributed by atoms with Crippen molar-refractivity contribution in [3.63, 3.8) is 0 Å². The van der Waals surface area contributed by atoms with Crippen LogP contribution in [0.4, 0.5) is 0 Å². The van der Waals surface area contributed by atoms with Gasteiger partial charge in [-0.25, -0.2) is 0 Å². The number of rotatable bonds is 7. The number of benzene rings is 1. The summed E-state index contributed by atoms with van der Waals surface area (Å²) in [6, 6.07) is 7.33. The zero-order valence-corrected chi connectivity index (χ0v) is 14.9. The summed E-state index contributed by atoms with van der Waals surface area (Å²) in [5.41, 5.74) is 0.889. The number of nitrogens with zero attached hydrogens (tertiary/aromatic N) is 2. The third-order valence-corrected chi connectivity index (χ3v) is 4.43.